The lowest BCUT2D eigenvalue weighted by Gasteiger charge is -2.27. The molecule has 1 aromatic carbocycles. The molecular weight excluding hydrogens is 378 g/mol. The summed E-state index contributed by atoms with van der Waals surface area (Å²) < 4.78 is 13.3. The zero-order valence-corrected chi connectivity index (χ0v) is 18.4. The van der Waals surface area contributed by atoms with E-state index in [1.165, 1.54) is 30.5 Å². The van der Waals surface area contributed by atoms with Crippen molar-refractivity contribution in [1.29, 1.82) is 0 Å². The van der Waals surface area contributed by atoms with Crippen LogP contribution in [0.5, 0.6) is 5.75 Å². The first-order chi connectivity index (χ1) is 14.7. The highest BCUT2D eigenvalue weighted by molar-refractivity contribution is 5.91. The highest BCUT2D eigenvalue weighted by Crippen LogP contribution is 2.30. The molecule has 1 aromatic heterocycles. The molecule has 2 aromatic rings. The molecule has 0 unspecified atom stereocenters. The van der Waals surface area contributed by atoms with Crippen LogP contribution < -0.4 is 10.1 Å². The third-order valence-electron chi connectivity index (χ3n) is 6.71. The van der Waals surface area contributed by atoms with Gasteiger partial charge in [-0.05, 0) is 43.5 Å². The van der Waals surface area contributed by atoms with Crippen molar-refractivity contribution in [2.45, 2.75) is 58.0 Å². The van der Waals surface area contributed by atoms with Crippen LogP contribution in [-0.2, 0) is 22.5 Å². The maximum absolute atomic E-state index is 12.9. The standard InChI is InChI=1S/C24H35N3O3/c1-18-21(17-24(28)25-19-6-4-3-5-7-19)22-16-20(29-2)8-9-23(22)27(18)11-10-26-12-14-30-15-13-26/h8-9,16,19H,3-7,10-15,17H2,1-2H3,(H,25,28). The number of hydrogen-bond donors (Lipinski definition) is 1. The van der Waals surface area contributed by atoms with E-state index in [4.69, 9.17) is 9.47 Å². The third-order valence-corrected chi connectivity index (χ3v) is 6.71. The highest BCUT2D eigenvalue weighted by atomic mass is 16.5. The Hall–Kier alpha value is -2.05. The number of carbonyl (C=O) groups is 1. The van der Waals surface area contributed by atoms with Crippen molar-refractivity contribution in [2.24, 2.45) is 0 Å². The van der Waals surface area contributed by atoms with E-state index in [2.05, 4.69) is 33.8 Å². The summed E-state index contributed by atoms with van der Waals surface area (Å²) in [6.45, 7) is 7.66. The molecule has 1 N–H and O–H groups in total. The van der Waals surface area contributed by atoms with Gasteiger partial charge in [0.1, 0.15) is 5.75 Å². The number of carbonyl (C=O) groups excluding carboxylic acids is 1. The monoisotopic (exact) mass is 413 g/mol. The van der Waals surface area contributed by atoms with Crippen LogP contribution >= 0.6 is 0 Å². The van der Waals surface area contributed by atoms with Crippen LogP contribution in [0.4, 0.5) is 0 Å². The highest BCUT2D eigenvalue weighted by Gasteiger charge is 2.21. The zero-order chi connectivity index (χ0) is 20.9. The summed E-state index contributed by atoms with van der Waals surface area (Å²) in [5.74, 6) is 0.974. The molecule has 6 heteroatoms. The molecule has 0 spiro atoms. The minimum Gasteiger partial charge on any atom is -0.497 e. The second kappa shape index (κ2) is 9.84. The molecule has 164 valence electrons. The van der Waals surface area contributed by atoms with Crippen molar-refractivity contribution in [3.63, 3.8) is 0 Å². The van der Waals surface area contributed by atoms with Gasteiger partial charge in [0.05, 0.1) is 26.7 Å². The Kier molecular flexibility index (Phi) is 6.95. The van der Waals surface area contributed by atoms with Crippen LogP contribution in [0.25, 0.3) is 10.9 Å². The Balaban J connectivity index is 1.55. The summed E-state index contributed by atoms with van der Waals surface area (Å²) in [5.41, 5.74) is 3.49. The summed E-state index contributed by atoms with van der Waals surface area (Å²) in [6, 6.07) is 6.56. The van der Waals surface area contributed by atoms with E-state index in [1.54, 1.807) is 7.11 Å². The predicted molar refractivity (Wildman–Crippen MR) is 119 cm³/mol. The average Bonchev–Trinajstić information content (AvgIpc) is 3.03. The molecule has 2 aliphatic rings. The fraction of sp³-hybridized carbons (Fsp3) is 0.625. The summed E-state index contributed by atoms with van der Waals surface area (Å²) in [4.78, 5) is 15.3. The number of hydrogen-bond acceptors (Lipinski definition) is 4. The van der Waals surface area contributed by atoms with Gasteiger partial charge < -0.3 is 19.4 Å². The SMILES string of the molecule is COc1ccc2c(c1)c(CC(=O)NC1CCCCC1)c(C)n2CCN1CCOCC1. The molecule has 0 atom stereocenters. The van der Waals surface area contributed by atoms with E-state index >= 15 is 0 Å². The number of ether oxygens (including phenoxy) is 2. The Morgan fingerprint density at radius 3 is 2.67 bits per heavy atom. The minimum absolute atomic E-state index is 0.139. The van der Waals surface area contributed by atoms with Crippen LogP contribution in [0.15, 0.2) is 18.2 Å². The molecule has 1 saturated carbocycles. The fourth-order valence-electron chi connectivity index (χ4n) is 4.92. The molecule has 4 rings (SSSR count). The fourth-order valence-corrected chi connectivity index (χ4v) is 4.92. The molecule has 1 aliphatic heterocycles. The van der Waals surface area contributed by atoms with Gasteiger partial charge >= 0.3 is 0 Å². The molecule has 1 amide bonds. The smallest absolute Gasteiger partial charge is 0.224 e. The maximum atomic E-state index is 12.9. The van der Waals surface area contributed by atoms with Gasteiger partial charge in [-0.25, -0.2) is 0 Å². The van der Waals surface area contributed by atoms with Crippen molar-refractivity contribution < 1.29 is 14.3 Å². The molecular formula is C24H35N3O3. The molecule has 1 aliphatic carbocycles. The number of rotatable bonds is 7. The lowest BCUT2D eigenvalue weighted by Crippen LogP contribution is -2.38. The van der Waals surface area contributed by atoms with Crippen molar-refractivity contribution in [2.75, 3.05) is 40.0 Å². The van der Waals surface area contributed by atoms with Gasteiger partial charge in [0.25, 0.3) is 0 Å². The first-order valence-corrected chi connectivity index (χ1v) is 11.4. The number of benzene rings is 1. The molecule has 1 saturated heterocycles. The summed E-state index contributed by atoms with van der Waals surface area (Å²) in [5, 5.41) is 4.41. The third kappa shape index (κ3) is 4.81. The number of nitrogens with zero attached hydrogens (tertiary/aromatic N) is 2. The van der Waals surface area contributed by atoms with Crippen LogP contribution in [0, 0.1) is 6.92 Å². The molecule has 0 radical (unpaired) electrons. The number of aromatic nitrogens is 1. The van der Waals surface area contributed by atoms with E-state index in [0.717, 1.165) is 68.9 Å². The normalized spacial score (nSPS) is 18.6. The molecule has 2 heterocycles. The lowest BCUT2D eigenvalue weighted by molar-refractivity contribution is -0.121. The molecule has 30 heavy (non-hydrogen) atoms. The van der Waals surface area contributed by atoms with Crippen molar-refractivity contribution >= 4 is 16.8 Å². The quantitative estimate of drug-likeness (QED) is 0.757. The van der Waals surface area contributed by atoms with Gasteiger partial charge in [0.2, 0.25) is 5.91 Å². The largest absolute Gasteiger partial charge is 0.497 e. The van der Waals surface area contributed by atoms with E-state index in [1.807, 2.05) is 6.07 Å². The van der Waals surface area contributed by atoms with E-state index in [9.17, 15) is 4.79 Å². The molecule has 2 fully saturated rings. The van der Waals surface area contributed by atoms with E-state index in [0.29, 0.717) is 12.5 Å². The van der Waals surface area contributed by atoms with Gasteiger partial charge in [-0.3, -0.25) is 9.69 Å². The van der Waals surface area contributed by atoms with Gasteiger partial charge in [-0.15, -0.1) is 0 Å². The first kappa shape index (κ1) is 21.2. The lowest BCUT2D eigenvalue weighted by atomic mass is 9.95. The molecule has 0 bridgehead atoms. The van der Waals surface area contributed by atoms with Crippen LogP contribution in [0.1, 0.15) is 43.4 Å². The molecule has 6 nitrogen and oxygen atoms in total. The maximum Gasteiger partial charge on any atom is 0.224 e. The van der Waals surface area contributed by atoms with Crippen molar-refractivity contribution in [3.05, 3.63) is 29.5 Å². The van der Waals surface area contributed by atoms with Gasteiger partial charge in [0.15, 0.2) is 0 Å². The van der Waals surface area contributed by atoms with Crippen LogP contribution in [0.3, 0.4) is 0 Å². The second-order valence-corrected chi connectivity index (χ2v) is 8.63. The Morgan fingerprint density at radius 2 is 1.93 bits per heavy atom. The van der Waals surface area contributed by atoms with E-state index in [-0.39, 0.29) is 5.91 Å². The van der Waals surface area contributed by atoms with Crippen LogP contribution in [-0.4, -0.2) is 61.4 Å². The number of morpholine rings is 1. The zero-order valence-electron chi connectivity index (χ0n) is 18.4. The topological polar surface area (TPSA) is 55.7 Å². The van der Waals surface area contributed by atoms with Crippen molar-refractivity contribution in [3.8, 4) is 5.75 Å². The Bertz CT molecular complexity index is 864. The number of methoxy groups -OCH3 is 1. The Morgan fingerprint density at radius 1 is 1.17 bits per heavy atom. The number of nitrogens with one attached hydrogen (secondary N) is 1. The summed E-state index contributed by atoms with van der Waals surface area (Å²) >= 11 is 0. The minimum atomic E-state index is 0.139. The first-order valence-electron chi connectivity index (χ1n) is 11.4. The van der Waals surface area contributed by atoms with Gasteiger partial charge in [0, 0.05) is 48.8 Å². The summed E-state index contributed by atoms with van der Waals surface area (Å²) in [6.07, 6.45) is 6.39. The number of fused-ring (bicyclic) bond motifs is 1. The second-order valence-electron chi connectivity index (χ2n) is 8.63. The Labute approximate surface area is 179 Å². The van der Waals surface area contributed by atoms with Crippen molar-refractivity contribution in [1.82, 2.24) is 14.8 Å². The predicted octanol–water partition coefficient (Wildman–Crippen LogP) is 3.28. The van der Waals surface area contributed by atoms with Gasteiger partial charge in [-0.2, -0.15) is 0 Å². The summed E-state index contributed by atoms with van der Waals surface area (Å²) in [7, 11) is 1.69. The van der Waals surface area contributed by atoms with Crippen LogP contribution in [0.2, 0.25) is 0 Å². The average molecular weight is 414 g/mol. The van der Waals surface area contributed by atoms with Gasteiger partial charge in [-0.1, -0.05) is 19.3 Å². The van der Waals surface area contributed by atoms with E-state index < -0.39 is 0 Å². The number of amides is 1.